The number of hydrogen-bond acceptors (Lipinski definition) is 6. The first-order chi connectivity index (χ1) is 15.2. The number of anilines is 1. The standard InChI is InChI=1S/C23H31N3O5S/c1-17(19-7-9-20(10-8-19)25-32(3,28)29)24-15-18-6-11-21(22(14-18)30-2)31-16-23(27)26-12-4-5-13-26/h6-11,14,17,24-25H,4-5,12-13,15-16H2,1-3H3/t17-/m1/s1. The van der Waals surface area contributed by atoms with Gasteiger partial charge in [-0.15, -0.1) is 0 Å². The molecule has 1 aliphatic rings. The molecule has 0 aliphatic carbocycles. The van der Waals surface area contributed by atoms with Gasteiger partial charge >= 0.3 is 0 Å². The number of hydrogen-bond donors (Lipinski definition) is 2. The molecule has 0 spiro atoms. The van der Waals surface area contributed by atoms with E-state index in [4.69, 9.17) is 9.47 Å². The second-order valence-electron chi connectivity index (χ2n) is 7.96. The van der Waals surface area contributed by atoms with E-state index in [1.807, 2.05) is 42.2 Å². The Kier molecular flexibility index (Phi) is 7.98. The lowest BCUT2D eigenvalue weighted by Crippen LogP contribution is -2.32. The minimum absolute atomic E-state index is 0.00174. The highest BCUT2D eigenvalue weighted by atomic mass is 32.2. The Balaban J connectivity index is 1.54. The lowest BCUT2D eigenvalue weighted by molar-refractivity contribution is -0.132. The summed E-state index contributed by atoms with van der Waals surface area (Å²) in [6.07, 6.45) is 3.23. The Bertz CT molecular complexity index is 1020. The van der Waals surface area contributed by atoms with Gasteiger partial charge in [-0.3, -0.25) is 9.52 Å². The van der Waals surface area contributed by atoms with E-state index >= 15 is 0 Å². The van der Waals surface area contributed by atoms with Crippen LogP contribution < -0.4 is 19.5 Å². The van der Waals surface area contributed by atoms with Crippen LogP contribution in [0.15, 0.2) is 42.5 Å². The lowest BCUT2D eigenvalue weighted by Gasteiger charge is -2.18. The number of carbonyl (C=O) groups excluding carboxylic acids is 1. The van der Waals surface area contributed by atoms with Crippen molar-refractivity contribution in [1.29, 1.82) is 0 Å². The Hall–Kier alpha value is -2.78. The van der Waals surface area contributed by atoms with Crippen molar-refractivity contribution < 1.29 is 22.7 Å². The fourth-order valence-corrected chi connectivity index (χ4v) is 4.15. The summed E-state index contributed by atoms with van der Waals surface area (Å²) >= 11 is 0. The van der Waals surface area contributed by atoms with Gasteiger partial charge in [0.2, 0.25) is 10.0 Å². The van der Waals surface area contributed by atoms with Crippen LogP contribution >= 0.6 is 0 Å². The SMILES string of the molecule is COc1cc(CN[C@H](C)c2ccc(NS(C)(=O)=O)cc2)ccc1OCC(=O)N1CCCC1. The van der Waals surface area contributed by atoms with Gasteiger partial charge in [0.15, 0.2) is 18.1 Å². The van der Waals surface area contributed by atoms with Crippen molar-refractivity contribution in [1.82, 2.24) is 10.2 Å². The van der Waals surface area contributed by atoms with Gasteiger partial charge in [-0.05, 0) is 55.2 Å². The molecule has 8 nitrogen and oxygen atoms in total. The van der Waals surface area contributed by atoms with Crippen molar-refractivity contribution in [3.05, 3.63) is 53.6 Å². The normalized spacial score (nSPS) is 14.8. The summed E-state index contributed by atoms with van der Waals surface area (Å²) in [4.78, 5) is 14.0. The number of rotatable bonds is 10. The van der Waals surface area contributed by atoms with Crippen LogP contribution in [-0.2, 0) is 21.4 Å². The average molecular weight is 462 g/mol. The zero-order valence-corrected chi connectivity index (χ0v) is 19.6. The molecule has 2 aromatic carbocycles. The van der Waals surface area contributed by atoms with E-state index in [1.165, 1.54) is 0 Å². The van der Waals surface area contributed by atoms with Gasteiger partial charge in [0.25, 0.3) is 5.91 Å². The number of benzene rings is 2. The molecular formula is C23H31N3O5S. The largest absolute Gasteiger partial charge is 0.493 e. The molecule has 2 N–H and O–H groups in total. The number of sulfonamides is 1. The molecule has 2 aromatic rings. The molecule has 174 valence electrons. The third-order valence-electron chi connectivity index (χ3n) is 5.36. The predicted molar refractivity (Wildman–Crippen MR) is 124 cm³/mol. The molecule has 3 rings (SSSR count). The summed E-state index contributed by atoms with van der Waals surface area (Å²) in [6, 6.07) is 13.0. The van der Waals surface area contributed by atoms with Crippen LogP contribution in [-0.4, -0.2) is 52.3 Å². The molecular weight excluding hydrogens is 430 g/mol. The second-order valence-corrected chi connectivity index (χ2v) is 9.71. The highest BCUT2D eigenvalue weighted by Gasteiger charge is 2.19. The van der Waals surface area contributed by atoms with Crippen LogP contribution in [0.1, 0.15) is 36.9 Å². The number of carbonyl (C=O) groups is 1. The maximum Gasteiger partial charge on any atom is 0.260 e. The van der Waals surface area contributed by atoms with E-state index in [9.17, 15) is 13.2 Å². The molecule has 32 heavy (non-hydrogen) atoms. The number of amides is 1. The van der Waals surface area contributed by atoms with Crippen molar-refractivity contribution in [2.45, 2.75) is 32.4 Å². The number of likely N-dealkylation sites (tertiary alicyclic amines) is 1. The van der Waals surface area contributed by atoms with E-state index in [0.29, 0.717) is 23.7 Å². The van der Waals surface area contributed by atoms with Crippen molar-refractivity contribution in [2.75, 3.05) is 37.8 Å². The lowest BCUT2D eigenvalue weighted by atomic mass is 10.1. The molecule has 1 heterocycles. The van der Waals surface area contributed by atoms with Crippen molar-refractivity contribution >= 4 is 21.6 Å². The Morgan fingerprint density at radius 3 is 2.41 bits per heavy atom. The Labute approximate surface area is 190 Å². The minimum atomic E-state index is -3.29. The van der Waals surface area contributed by atoms with Crippen LogP contribution in [0.5, 0.6) is 11.5 Å². The van der Waals surface area contributed by atoms with E-state index in [2.05, 4.69) is 10.0 Å². The molecule has 1 atom stereocenters. The molecule has 1 amide bonds. The van der Waals surface area contributed by atoms with Crippen molar-refractivity contribution in [2.24, 2.45) is 0 Å². The fourth-order valence-electron chi connectivity index (χ4n) is 3.58. The van der Waals surface area contributed by atoms with Gasteiger partial charge in [0, 0.05) is 31.4 Å². The maximum absolute atomic E-state index is 12.2. The van der Waals surface area contributed by atoms with E-state index in [0.717, 1.165) is 43.3 Å². The fraction of sp³-hybridized carbons (Fsp3) is 0.435. The van der Waals surface area contributed by atoms with Crippen LogP contribution in [0.2, 0.25) is 0 Å². The quantitative estimate of drug-likeness (QED) is 0.565. The molecule has 9 heteroatoms. The van der Waals surface area contributed by atoms with Gasteiger partial charge in [-0.2, -0.15) is 0 Å². The summed E-state index contributed by atoms with van der Waals surface area (Å²) in [5.74, 6) is 1.13. The topological polar surface area (TPSA) is 97.0 Å². The van der Waals surface area contributed by atoms with Gasteiger partial charge in [0.05, 0.1) is 13.4 Å². The first kappa shape index (κ1) is 23.9. The number of ether oxygens (including phenoxy) is 2. The van der Waals surface area contributed by atoms with E-state index < -0.39 is 10.0 Å². The third kappa shape index (κ3) is 6.86. The van der Waals surface area contributed by atoms with Crippen LogP contribution in [0, 0.1) is 0 Å². The van der Waals surface area contributed by atoms with Gasteiger partial charge in [0.1, 0.15) is 0 Å². The zero-order chi connectivity index (χ0) is 23.1. The van der Waals surface area contributed by atoms with Crippen molar-refractivity contribution in [3.8, 4) is 11.5 Å². The molecule has 0 unspecified atom stereocenters. The monoisotopic (exact) mass is 461 g/mol. The first-order valence-corrected chi connectivity index (χ1v) is 12.5. The van der Waals surface area contributed by atoms with E-state index in [1.54, 1.807) is 19.2 Å². The highest BCUT2D eigenvalue weighted by molar-refractivity contribution is 7.92. The second kappa shape index (κ2) is 10.7. The molecule has 0 aromatic heterocycles. The Morgan fingerprint density at radius 1 is 1.09 bits per heavy atom. The number of nitrogens with one attached hydrogen (secondary N) is 2. The maximum atomic E-state index is 12.2. The number of methoxy groups -OCH3 is 1. The zero-order valence-electron chi connectivity index (χ0n) is 18.8. The summed E-state index contributed by atoms with van der Waals surface area (Å²) < 4.78 is 36.3. The smallest absolute Gasteiger partial charge is 0.260 e. The predicted octanol–water partition coefficient (Wildman–Crippen LogP) is 2.92. The molecule has 1 aliphatic heterocycles. The highest BCUT2D eigenvalue weighted by Crippen LogP contribution is 2.28. The average Bonchev–Trinajstić information content (AvgIpc) is 3.30. The summed E-state index contributed by atoms with van der Waals surface area (Å²) in [5.41, 5.74) is 2.59. The third-order valence-corrected chi connectivity index (χ3v) is 5.97. The summed E-state index contributed by atoms with van der Waals surface area (Å²) in [5, 5.41) is 3.45. The molecule has 1 saturated heterocycles. The molecule has 0 radical (unpaired) electrons. The molecule has 0 saturated carbocycles. The Morgan fingerprint density at radius 2 is 1.78 bits per heavy atom. The van der Waals surface area contributed by atoms with Crippen LogP contribution in [0.25, 0.3) is 0 Å². The van der Waals surface area contributed by atoms with Crippen LogP contribution in [0.4, 0.5) is 5.69 Å². The molecule has 0 bridgehead atoms. The first-order valence-electron chi connectivity index (χ1n) is 10.6. The minimum Gasteiger partial charge on any atom is -0.493 e. The van der Waals surface area contributed by atoms with Gasteiger partial charge in [-0.25, -0.2) is 8.42 Å². The van der Waals surface area contributed by atoms with Crippen LogP contribution in [0.3, 0.4) is 0 Å². The summed E-state index contributed by atoms with van der Waals surface area (Å²) in [7, 11) is -1.71. The van der Waals surface area contributed by atoms with Gasteiger partial charge < -0.3 is 19.7 Å². The van der Waals surface area contributed by atoms with E-state index in [-0.39, 0.29) is 18.6 Å². The molecule has 1 fully saturated rings. The van der Waals surface area contributed by atoms with Gasteiger partial charge in [-0.1, -0.05) is 18.2 Å². The number of nitrogens with zero attached hydrogens (tertiary/aromatic N) is 1. The summed E-state index contributed by atoms with van der Waals surface area (Å²) in [6.45, 7) is 4.26. The van der Waals surface area contributed by atoms with Crippen molar-refractivity contribution in [3.63, 3.8) is 0 Å².